The fourth-order valence-corrected chi connectivity index (χ4v) is 2.27. The van der Waals surface area contributed by atoms with Crippen molar-refractivity contribution in [2.45, 2.75) is 27.7 Å². The van der Waals surface area contributed by atoms with E-state index in [4.69, 9.17) is 4.74 Å². The number of carbonyl (C=O) groups is 2. The number of rotatable bonds is 7. The molecule has 6 heteroatoms. The van der Waals surface area contributed by atoms with Crippen LogP contribution < -0.4 is 20.7 Å². The molecule has 0 aliphatic heterocycles. The third kappa shape index (κ3) is 6.33. The minimum Gasteiger partial charge on any atom is -0.492 e. The first-order valence-electron chi connectivity index (χ1n) is 8.96. The molecule has 0 fully saturated rings. The molecule has 27 heavy (non-hydrogen) atoms. The van der Waals surface area contributed by atoms with Gasteiger partial charge in [-0.1, -0.05) is 39.0 Å². The van der Waals surface area contributed by atoms with Crippen LogP contribution in [-0.4, -0.2) is 25.0 Å². The molecule has 0 aliphatic carbocycles. The van der Waals surface area contributed by atoms with E-state index in [0.29, 0.717) is 23.7 Å². The Morgan fingerprint density at radius 2 is 1.63 bits per heavy atom. The molecule has 2 aromatic carbocycles. The molecule has 0 spiro atoms. The summed E-state index contributed by atoms with van der Waals surface area (Å²) in [6.45, 7) is 8.11. The maximum absolute atomic E-state index is 12.2. The van der Waals surface area contributed by atoms with E-state index in [0.717, 1.165) is 5.69 Å². The lowest BCUT2D eigenvalue weighted by atomic mass is 9.95. The van der Waals surface area contributed by atoms with Gasteiger partial charge in [0, 0.05) is 16.8 Å². The van der Waals surface area contributed by atoms with Gasteiger partial charge in [-0.25, -0.2) is 0 Å². The van der Waals surface area contributed by atoms with Crippen molar-refractivity contribution >= 4 is 28.9 Å². The summed E-state index contributed by atoms with van der Waals surface area (Å²) in [6.07, 6.45) is 0. The SMILES string of the molecule is CCOc1ccccc1NCC(=O)Nc1cccc(NC(=O)C(C)(C)C)c1. The van der Waals surface area contributed by atoms with Crippen molar-refractivity contribution < 1.29 is 14.3 Å². The van der Waals surface area contributed by atoms with Crippen molar-refractivity contribution in [2.24, 2.45) is 5.41 Å². The molecule has 3 N–H and O–H groups in total. The molecule has 0 saturated heterocycles. The van der Waals surface area contributed by atoms with Gasteiger partial charge >= 0.3 is 0 Å². The van der Waals surface area contributed by atoms with Crippen LogP contribution in [0.25, 0.3) is 0 Å². The van der Waals surface area contributed by atoms with Gasteiger partial charge in [-0.3, -0.25) is 9.59 Å². The molecule has 0 heterocycles. The zero-order chi connectivity index (χ0) is 19.9. The second-order valence-corrected chi connectivity index (χ2v) is 7.12. The van der Waals surface area contributed by atoms with Crippen LogP contribution in [0, 0.1) is 5.41 Å². The van der Waals surface area contributed by atoms with Crippen molar-refractivity contribution in [1.82, 2.24) is 0 Å². The number of ether oxygens (including phenoxy) is 1. The molecule has 6 nitrogen and oxygen atoms in total. The van der Waals surface area contributed by atoms with E-state index in [1.54, 1.807) is 24.3 Å². The Morgan fingerprint density at radius 1 is 0.963 bits per heavy atom. The summed E-state index contributed by atoms with van der Waals surface area (Å²) >= 11 is 0. The normalized spacial score (nSPS) is 10.8. The minimum atomic E-state index is -0.489. The molecule has 0 atom stereocenters. The molecule has 144 valence electrons. The lowest BCUT2D eigenvalue weighted by molar-refractivity contribution is -0.123. The first-order chi connectivity index (χ1) is 12.8. The Bertz CT molecular complexity index is 797. The molecule has 2 aromatic rings. The predicted octanol–water partition coefficient (Wildman–Crippen LogP) is 4.12. The smallest absolute Gasteiger partial charge is 0.243 e. The number of anilines is 3. The number of para-hydroxylation sites is 2. The first kappa shape index (κ1) is 20.3. The van der Waals surface area contributed by atoms with Crippen LogP contribution in [0.15, 0.2) is 48.5 Å². The van der Waals surface area contributed by atoms with Gasteiger partial charge < -0.3 is 20.7 Å². The maximum Gasteiger partial charge on any atom is 0.243 e. The van der Waals surface area contributed by atoms with Gasteiger partial charge in [0.2, 0.25) is 11.8 Å². The highest BCUT2D eigenvalue weighted by Crippen LogP contribution is 2.23. The molecule has 0 unspecified atom stereocenters. The number of nitrogens with one attached hydrogen (secondary N) is 3. The molecule has 2 amide bonds. The summed E-state index contributed by atoms with van der Waals surface area (Å²) in [5.74, 6) is 0.431. The van der Waals surface area contributed by atoms with Gasteiger partial charge in [-0.2, -0.15) is 0 Å². The lowest BCUT2D eigenvalue weighted by Crippen LogP contribution is -2.27. The molecule has 0 aliphatic rings. The van der Waals surface area contributed by atoms with E-state index in [9.17, 15) is 9.59 Å². The molecule has 0 radical (unpaired) electrons. The van der Waals surface area contributed by atoms with Crippen LogP contribution in [0.3, 0.4) is 0 Å². The van der Waals surface area contributed by atoms with Gasteiger partial charge in [0.05, 0.1) is 18.8 Å². The summed E-state index contributed by atoms with van der Waals surface area (Å²) in [5.41, 5.74) is 1.53. The van der Waals surface area contributed by atoms with E-state index in [1.165, 1.54) is 0 Å². The van der Waals surface area contributed by atoms with Gasteiger partial charge in [-0.15, -0.1) is 0 Å². The number of carbonyl (C=O) groups excluding carboxylic acids is 2. The zero-order valence-corrected chi connectivity index (χ0v) is 16.3. The molecular formula is C21H27N3O3. The van der Waals surface area contributed by atoms with Gasteiger partial charge in [-0.05, 0) is 37.3 Å². The van der Waals surface area contributed by atoms with Crippen LogP contribution in [-0.2, 0) is 9.59 Å². The highest BCUT2D eigenvalue weighted by Gasteiger charge is 2.21. The summed E-state index contributed by atoms with van der Waals surface area (Å²) in [7, 11) is 0. The average molecular weight is 369 g/mol. The van der Waals surface area contributed by atoms with Gasteiger partial charge in [0.1, 0.15) is 5.75 Å². The van der Waals surface area contributed by atoms with Crippen LogP contribution >= 0.6 is 0 Å². The largest absolute Gasteiger partial charge is 0.492 e. The van der Waals surface area contributed by atoms with E-state index < -0.39 is 5.41 Å². The quantitative estimate of drug-likeness (QED) is 0.686. The van der Waals surface area contributed by atoms with Crippen LogP contribution in [0.2, 0.25) is 0 Å². The van der Waals surface area contributed by atoms with Crippen molar-refractivity contribution in [3.63, 3.8) is 0 Å². The van der Waals surface area contributed by atoms with E-state index in [1.807, 2.05) is 52.0 Å². The van der Waals surface area contributed by atoms with Gasteiger partial charge in [0.15, 0.2) is 0 Å². The average Bonchev–Trinajstić information content (AvgIpc) is 2.61. The second kappa shape index (κ2) is 9.07. The topological polar surface area (TPSA) is 79.5 Å². The highest BCUT2D eigenvalue weighted by molar-refractivity contribution is 5.97. The van der Waals surface area contributed by atoms with Crippen LogP contribution in [0.1, 0.15) is 27.7 Å². The highest BCUT2D eigenvalue weighted by atomic mass is 16.5. The fourth-order valence-electron chi connectivity index (χ4n) is 2.27. The van der Waals surface area contributed by atoms with Crippen molar-refractivity contribution in [3.8, 4) is 5.75 Å². The van der Waals surface area contributed by atoms with Crippen molar-refractivity contribution in [2.75, 3.05) is 29.1 Å². The monoisotopic (exact) mass is 369 g/mol. The standard InChI is InChI=1S/C21H27N3O3/c1-5-27-18-12-7-6-11-17(18)22-14-19(25)23-15-9-8-10-16(13-15)24-20(26)21(2,3)4/h6-13,22H,5,14H2,1-4H3,(H,23,25)(H,24,26). The number of hydrogen-bond acceptors (Lipinski definition) is 4. The predicted molar refractivity (Wildman–Crippen MR) is 109 cm³/mol. The Hall–Kier alpha value is -3.02. The molecule has 0 bridgehead atoms. The van der Waals surface area contributed by atoms with E-state index in [2.05, 4.69) is 16.0 Å². The first-order valence-corrected chi connectivity index (χ1v) is 8.96. The summed E-state index contributed by atoms with van der Waals surface area (Å²) < 4.78 is 5.53. The Morgan fingerprint density at radius 3 is 2.30 bits per heavy atom. The summed E-state index contributed by atoms with van der Waals surface area (Å²) in [5, 5.41) is 8.75. The zero-order valence-electron chi connectivity index (χ0n) is 16.3. The Kier molecular flexibility index (Phi) is 6.82. The van der Waals surface area contributed by atoms with Crippen LogP contribution in [0.5, 0.6) is 5.75 Å². The van der Waals surface area contributed by atoms with Crippen molar-refractivity contribution in [3.05, 3.63) is 48.5 Å². The van der Waals surface area contributed by atoms with E-state index >= 15 is 0 Å². The number of benzene rings is 2. The molecule has 0 saturated carbocycles. The Labute approximate surface area is 160 Å². The van der Waals surface area contributed by atoms with Gasteiger partial charge in [0.25, 0.3) is 0 Å². The number of amides is 2. The third-order valence-corrected chi connectivity index (χ3v) is 3.71. The summed E-state index contributed by atoms with van der Waals surface area (Å²) in [4.78, 5) is 24.3. The molecule has 0 aromatic heterocycles. The molecule has 2 rings (SSSR count). The van der Waals surface area contributed by atoms with E-state index in [-0.39, 0.29) is 18.4 Å². The fraction of sp³-hybridized carbons (Fsp3) is 0.333. The third-order valence-electron chi connectivity index (χ3n) is 3.71. The Balaban J connectivity index is 1.94. The minimum absolute atomic E-state index is 0.0832. The summed E-state index contributed by atoms with van der Waals surface area (Å²) in [6, 6.07) is 14.6. The van der Waals surface area contributed by atoms with Crippen LogP contribution in [0.4, 0.5) is 17.1 Å². The lowest BCUT2D eigenvalue weighted by Gasteiger charge is -2.18. The second-order valence-electron chi connectivity index (χ2n) is 7.12. The van der Waals surface area contributed by atoms with Crippen molar-refractivity contribution in [1.29, 1.82) is 0 Å². The molecular weight excluding hydrogens is 342 g/mol. The maximum atomic E-state index is 12.2. The number of hydrogen-bond donors (Lipinski definition) is 3.